The second kappa shape index (κ2) is 5.05. The maximum absolute atomic E-state index is 10.6. The van der Waals surface area contributed by atoms with Crippen LogP contribution in [0.25, 0.3) is 0 Å². The minimum absolute atomic E-state index is 0.348. The number of aliphatic hydroxyl groups excluding tert-OH is 1. The van der Waals surface area contributed by atoms with Crippen LogP contribution in [0.1, 0.15) is 58.3 Å². The normalized spacial score (nSPS) is 43.3. The van der Waals surface area contributed by atoms with Crippen LogP contribution in [-0.2, 0) is 0 Å². The molecule has 0 aromatic rings. The van der Waals surface area contributed by atoms with Crippen molar-refractivity contribution in [2.75, 3.05) is 6.61 Å². The second-order valence-corrected chi connectivity index (χ2v) is 6.22. The van der Waals surface area contributed by atoms with Gasteiger partial charge in [0.1, 0.15) is 0 Å². The SMILES string of the molecule is CCCCC1(O)CC2CC(CO)CC(C2)C1. The van der Waals surface area contributed by atoms with Gasteiger partial charge < -0.3 is 10.2 Å². The molecule has 0 spiro atoms. The van der Waals surface area contributed by atoms with Crippen molar-refractivity contribution in [2.45, 2.75) is 63.9 Å². The fourth-order valence-electron chi connectivity index (χ4n) is 4.05. The van der Waals surface area contributed by atoms with Crippen LogP contribution in [0.15, 0.2) is 0 Å². The van der Waals surface area contributed by atoms with E-state index in [9.17, 15) is 10.2 Å². The molecule has 2 atom stereocenters. The lowest BCUT2D eigenvalue weighted by atomic mass is 9.62. The summed E-state index contributed by atoms with van der Waals surface area (Å²) in [4.78, 5) is 0. The second-order valence-electron chi connectivity index (χ2n) is 6.22. The summed E-state index contributed by atoms with van der Waals surface area (Å²) >= 11 is 0. The van der Waals surface area contributed by atoms with E-state index in [2.05, 4.69) is 6.92 Å². The molecule has 0 aromatic carbocycles. The topological polar surface area (TPSA) is 40.5 Å². The molecule has 2 fully saturated rings. The Morgan fingerprint density at radius 2 is 1.75 bits per heavy atom. The molecule has 0 saturated heterocycles. The summed E-state index contributed by atoms with van der Waals surface area (Å²) in [5, 5.41) is 19.9. The van der Waals surface area contributed by atoms with Gasteiger partial charge in [0.15, 0.2) is 0 Å². The number of rotatable bonds is 4. The first-order chi connectivity index (χ1) is 7.65. The third-order valence-corrected chi connectivity index (χ3v) is 4.59. The van der Waals surface area contributed by atoms with Gasteiger partial charge in [0, 0.05) is 6.61 Å². The van der Waals surface area contributed by atoms with E-state index >= 15 is 0 Å². The molecule has 2 aliphatic rings. The van der Waals surface area contributed by atoms with Gasteiger partial charge in [-0.15, -0.1) is 0 Å². The van der Waals surface area contributed by atoms with Gasteiger partial charge in [-0.3, -0.25) is 0 Å². The average molecular weight is 226 g/mol. The minimum atomic E-state index is -0.371. The highest BCUT2D eigenvalue weighted by Gasteiger charge is 2.42. The third-order valence-electron chi connectivity index (χ3n) is 4.59. The van der Waals surface area contributed by atoms with Gasteiger partial charge in [0.2, 0.25) is 0 Å². The molecule has 0 amide bonds. The predicted octanol–water partition coefficient (Wildman–Crippen LogP) is 2.73. The zero-order chi connectivity index (χ0) is 11.6. The van der Waals surface area contributed by atoms with Crippen LogP contribution < -0.4 is 0 Å². The van der Waals surface area contributed by atoms with Gasteiger partial charge >= 0.3 is 0 Å². The first-order valence-corrected chi connectivity index (χ1v) is 6.98. The fourth-order valence-corrected chi connectivity index (χ4v) is 4.05. The summed E-state index contributed by atoms with van der Waals surface area (Å²) in [6.45, 7) is 2.54. The summed E-state index contributed by atoms with van der Waals surface area (Å²) in [5.74, 6) is 1.86. The zero-order valence-corrected chi connectivity index (χ0v) is 10.5. The fraction of sp³-hybridized carbons (Fsp3) is 1.00. The highest BCUT2D eigenvalue weighted by molar-refractivity contribution is 4.94. The first-order valence-electron chi connectivity index (χ1n) is 6.98. The minimum Gasteiger partial charge on any atom is -0.396 e. The Bertz CT molecular complexity index is 213. The highest BCUT2D eigenvalue weighted by atomic mass is 16.3. The van der Waals surface area contributed by atoms with Crippen LogP contribution in [0.3, 0.4) is 0 Å². The van der Waals surface area contributed by atoms with Crippen LogP contribution >= 0.6 is 0 Å². The van der Waals surface area contributed by atoms with Crippen LogP contribution in [0.4, 0.5) is 0 Å². The lowest BCUT2D eigenvalue weighted by Gasteiger charge is -2.46. The Hall–Kier alpha value is -0.0800. The molecule has 2 nitrogen and oxygen atoms in total. The van der Waals surface area contributed by atoms with Crippen molar-refractivity contribution in [1.82, 2.24) is 0 Å². The lowest BCUT2D eigenvalue weighted by molar-refractivity contribution is -0.0714. The zero-order valence-electron chi connectivity index (χ0n) is 10.5. The molecule has 16 heavy (non-hydrogen) atoms. The summed E-state index contributed by atoms with van der Waals surface area (Å²) in [6, 6.07) is 0. The van der Waals surface area contributed by atoms with Gasteiger partial charge in [0.05, 0.1) is 5.60 Å². The molecule has 2 saturated carbocycles. The predicted molar refractivity (Wildman–Crippen MR) is 65.1 cm³/mol. The standard InChI is InChI=1S/C14H26O2/c1-2-3-4-14(16)8-11-5-12(9-14)7-13(6-11)10-15/h11-13,15-16H,2-10H2,1H3. The van der Waals surface area contributed by atoms with Crippen LogP contribution in [-0.4, -0.2) is 22.4 Å². The molecule has 2 bridgehead atoms. The molecule has 2 heteroatoms. The van der Waals surface area contributed by atoms with Crippen LogP contribution in [0, 0.1) is 17.8 Å². The van der Waals surface area contributed by atoms with E-state index < -0.39 is 0 Å². The summed E-state index contributed by atoms with van der Waals surface area (Å²) in [7, 11) is 0. The van der Waals surface area contributed by atoms with E-state index in [1.54, 1.807) is 0 Å². The van der Waals surface area contributed by atoms with Crippen molar-refractivity contribution < 1.29 is 10.2 Å². The van der Waals surface area contributed by atoms with Gasteiger partial charge in [-0.1, -0.05) is 19.8 Å². The number of aliphatic hydroxyl groups is 2. The lowest BCUT2D eigenvalue weighted by Crippen LogP contribution is -2.43. The highest BCUT2D eigenvalue weighted by Crippen LogP contribution is 2.47. The van der Waals surface area contributed by atoms with Crippen molar-refractivity contribution in [2.24, 2.45) is 17.8 Å². The molecular formula is C14H26O2. The quantitative estimate of drug-likeness (QED) is 0.774. The Morgan fingerprint density at radius 3 is 2.25 bits per heavy atom. The van der Waals surface area contributed by atoms with E-state index in [4.69, 9.17) is 0 Å². The molecule has 2 rings (SSSR count). The van der Waals surface area contributed by atoms with Gasteiger partial charge in [-0.25, -0.2) is 0 Å². The maximum atomic E-state index is 10.6. The number of hydrogen-bond acceptors (Lipinski definition) is 2. The van der Waals surface area contributed by atoms with Crippen molar-refractivity contribution in [3.63, 3.8) is 0 Å². The van der Waals surface area contributed by atoms with Crippen molar-refractivity contribution in [3.8, 4) is 0 Å². The smallest absolute Gasteiger partial charge is 0.0653 e. The molecule has 2 aliphatic carbocycles. The maximum Gasteiger partial charge on any atom is 0.0653 e. The van der Waals surface area contributed by atoms with Crippen molar-refractivity contribution in [3.05, 3.63) is 0 Å². The summed E-state index contributed by atoms with van der Waals surface area (Å²) < 4.78 is 0. The largest absolute Gasteiger partial charge is 0.396 e. The Labute approximate surface area is 99.1 Å². The summed E-state index contributed by atoms with van der Waals surface area (Å²) in [6.07, 6.45) is 8.87. The summed E-state index contributed by atoms with van der Waals surface area (Å²) in [5.41, 5.74) is -0.371. The Balaban J connectivity index is 1.93. The molecule has 0 aliphatic heterocycles. The molecule has 0 radical (unpaired) electrons. The van der Waals surface area contributed by atoms with E-state index in [0.29, 0.717) is 24.4 Å². The van der Waals surface area contributed by atoms with Gasteiger partial charge in [0.25, 0.3) is 0 Å². The van der Waals surface area contributed by atoms with E-state index in [-0.39, 0.29) is 5.60 Å². The molecule has 2 unspecified atom stereocenters. The molecule has 94 valence electrons. The van der Waals surface area contributed by atoms with E-state index in [1.807, 2.05) is 0 Å². The number of unbranched alkanes of at least 4 members (excludes halogenated alkanes) is 1. The average Bonchev–Trinajstić information content (AvgIpc) is 2.25. The van der Waals surface area contributed by atoms with E-state index in [0.717, 1.165) is 38.5 Å². The number of fused-ring (bicyclic) bond motifs is 2. The Kier molecular flexibility index (Phi) is 3.91. The van der Waals surface area contributed by atoms with Gasteiger partial charge in [-0.05, 0) is 56.3 Å². The van der Waals surface area contributed by atoms with Crippen molar-refractivity contribution in [1.29, 1.82) is 0 Å². The van der Waals surface area contributed by atoms with E-state index in [1.165, 1.54) is 12.8 Å². The van der Waals surface area contributed by atoms with Crippen LogP contribution in [0.2, 0.25) is 0 Å². The molecule has 0 aromatic heterocycles. The first kappa shape index (κ1) is 12.4. The Morgan fingerprint density at radius 1 is 1.12 bits per heavy atom. The van der Waals surface area contributed by atoms with Crippen molar-refractivity contribution >= 4 is 0 Å². The third kappa shape index (κ3) is 2.78. The molecular weight excluding hydrogens is 200 g/mol. The number of hydrogen-bond donors (Lipinski definition) is 2. The van der Waals surface area contributed by atoms with Crippen LogP contribution in [0.5, 0.6) is 0 Å². The van der Waals surface area contributed by atoms with Gasteiger partial charge in [-0.2, -0.15) is 0 Å². The monoisotopic (exact) mass is 226 g/mol. The molecule has 2 N–H and O–H groups in total. The molecule has 0 heterocycles.